The molecule has 2 aromatic rings. The summed E-state index contributed by atoms with van der Waals surface area (Å²) in [7, 11) is 0. The number of rotatable bonds is 2. The minimum absolute atomic E-state index is 0.238. The fourth-order valence-corrected chi connectivity index (χ4v) is 3.60. The first-order valence-corrected chi connectivity index (χ1v) is 9.07. The monoisotopic (exact) mass is 319 g/mol. The molecule has 2 aromatic carbocycles. The van der Waals surface area contributed by atoms with E-state index in [2.05, 4.69) is 70.9 Å². The lowest BCUT2D eigenvalue weighted by Crippen LogP contribution is -2.35. The third kappa shape index (κ3) is 3.36. The van der Waals surface area contributed by atoms with Gasteiger partial charge in [-0.2, -0.15) is 0 Å². The van der Waals surface area contributed by atoms with Crippen LogP contribution < -0.4 is 5.32 Å². The van der Waals surface area contributed by atoms with Gasteiger partial charge >= 0.3 is 0 Å². The summed E-state index contributed by atoms with van der Waals surface area (Å²) in [6, 6.07) is 22.2. The van der Waals surface area contributed by atoms with Crippen molar-refractivity contribution in [1.82, 2.24) is 10.2 Å². The van der Waals surface area contributed by atoms with E-state index in [1.165, 1.54) is 42.9 Å². The van der Waals surface area contributed by atoms with E-state index in [0.29, 0.717) is 6.04 Å². The smallest absolute Gasteiger partial charge is 0.101 e. The third-order valence-corrected chi connectivity index (χ3v) is 4.84. The molecular weight excluding hydrogens is 294 g/mol. The number of benzene rings is 2. The van der Waals surface area contributed by atoms with Crippen LogP contribution in [-0.4, -0.2) is 30.4 Å². The zero-order chi connectivity index (χ0) is 16.2. The molecule has 3 nitrogen and oxygen atoms in total. The minimum atomic E-state index is 0.238. The fourth-order valence-electron chi connectivity index (χ4n) is 3.60. The molecule has 24 heavy (non-hydrogen) atoms. The highest BCUT2D eigenvalue weighted by atomic mass is 15.3. The Bertz CT molecular complexity index is 676. The number of piperidine rings is 1. The summed E-state index contributed by atoms with van der Waals surface area (Å²) in [6.07, 6.45) is 3.69. The average Bonchev–Trinajstić information content (AvgIpc) is 3.49. The molecule has 0 spiro atoms. The van der Waals surface area contributed by atoms with Crippen LogP contribution in [0.25, 0.3) is 0 Å². The molecule has 0 saturated carbocycles. The molecule has 0 aromatic heterocycles. The van der Waals surface area contributed by atoms with Crippen LogP contribution in [-0.2, 0) is 0 Å². The Morgan fingerprint density at radius 1 is 0.833 bits per heavy atom. The first-order valence-electron chi connectivity index (χ1n) is 9.07. The molecule has 3 aliphatic heterocycles. The Kier molecular flexibility index (Phi) is 4.61. The predicted molar refractivity (Wildman–Crippen MR) is 99.2 cm³/mol. The summed E-state index contributed by atoms with van der Waals surface area (Å²) < 4.78 is 0. The second-order valence-corrected chi connectivity index (χ2v) is 6.66. The van der Waals surface area contributed by atoms with Crippen molar-refractivity contribution in [2.45, 2.75) is 31.3 Å². The van der Waals surface area contributed by atoms with Crippen molar-refractivity contribution in [3.8, 4) is 0 Å². The standard InChI is InChI=1S/C19H20N2.C2H5N/c1-3-9-15(10-4-1)18-19(16-11-5-2-6-12-16)21-14-8-7-13-17(21)20-18;1-2-3-1/h1-6,9-12,18-19H,7-8,13-14H2;3H,1-2H2/t18-,19+;/m0./s1. The molecule has 2 fully saturated rings. The van der Waals surface area contributed by atoms with E-state index in [9.17, 15) is 0 Å². The van der Waals surface area contributed by atoms with Gasteiger partial charge in [-0.1, -0.05) is 60.7 Å². The molecule has 0 radical (unpaired) electrons. The van der Waals surface area contributed by atoms with Gasteiger partial charge in [-0.05, 0) is 24.0 Å². The van der Waals surface area contributed by atoms with Gasteiger partial charge in [0.25, 0.3) is 0 Å². The third-order valence-electron chi connectivity index (χ3n) is 4.84. The lowest BCUT2D eigenvalue weighted by atomic mass is 9.93. The molecule has 5 rings (SSSR count). The van der Waals surface area contributed by atoms with Gasteiger partial charge in [0, 0.05) is 26.1 Å². The Hall–Kier alpha value is -2.13. The van der Waals surface area contributed by atoms with Crippen LogP contribution in [0.5, 0.6) is 0 Å². The second-order valence-electron chi connectivity index (χ2n) is 6.66. The maximum Gasteiger partial charge on any atom is 0.101 e. The predicted octanol–water partition coefficient (Wildman–Crippen LogP) is 3.96. The summed E-state index contributed by atoms with van der Waals surface area (Å²) in [4.78, 5) is 7.62. The van der Waals surface area contributed by atoms with Gasteiger partial charge in [0.1, 0.15) is 11.9 Å². The second kappa shape index (κ2) is 7.18. The summed E-state index contributed by atoms with van der Waals surface area (Å²) in [6.45, 7) is 3.64. The highest BCUT2D eigenvalue weighted by molar-refractivity contribution is 5.85. The molecule has 3 aliphatic rings. The Morgan fingerprint density at radius 2 is 1.46 bits per heavy atom. The normalized spacial score (nSPS) is 24.5. The van der Waals surface area contributed by atoms with Crippen molar-refractivity contribution < 1.29 is 0 Å². The molecule has 124 valence electrons. The van der Waals surface area contributed by atoms with Crippen molar-refractivity contribution in [1.29, 1.82) is 0 Å². The van der Waals surface area contributed by atoms with Crippen molar-refractivity contribution >= 4 is 5.84 Å². The largest absolute Gasteiger partial charge is 0.351 e. The SMILES string of the molecule is C1CN1.c1ccc([C@@H]2[C@H](c3ccccc3)N=C3CCCCN32)cc1. The van der Waals surface area contributed by atoms with E-state index in [1.54, 1.807) is 0 Å². The van der Waals surface area contributed by atoms with Gasteiger partial charge < -0.3 is 10.2 Å². The molecule has 0 bridgehead atoms. The molecule has 2 saturated heterocycles. The van der Waals surface area contributed by atoms with E-state index in [1.807, 2.05) is 0 Å². The lowest BCUT2D eigenvalue weighted by Gasteiger charge is -2.33. The van der Waals surface area contributed by atoms with E-state index in [0.717, 1.165) is 13.0 Å². The highest BCUT2D eigenvalue weighted by Crippen LogP contribution is 2.44. The van der Waals surface area contributed by atoms with Crippen LogP contribution >= 0.6 is 0 Å². The van der Waals surface area contributed by atoms with Crippen molar-refractivity contribution in [2.75, 3.05) is 19.6 Å². The van der Waals surface area contributed by atoms with Gasteiger partial charge in [-0.15, -0.1) is 0 Å². The Balaban J connectivity index is 0.000000440. The topological polar surface area (TPSA) is 37.5 Å². The number of hydrogen-bond donors (Lipinski definition) is 1. The first kappa shape index (κ1) is 15.4. The van der Waals surface area contributed by atoms with Gasteiger partial charge in [0.15, 0.2) is 0 Å². The molecule has 0 unspecified atom stereocenters. The van der Waals surface area contributed by atoms with Crippen LogP contribution in [0.4, 0.5) is 0 Å². The van der Waals surface area contributed by atoms with Crippen LogP contribution in [0.15, 0.2) is 65.7 Å². The number of aliphatic imine (C=N–C) groups is 1. The van der Waals surface area contributed by atoms with Crippen LogP contribution in [0.2, 0.25) is 0 Å². The summed E-state index contributed by atoms with van der Waals surface area (Å²) >= 11 is 0. The molecule has 0 aliphatic carbocycles. The van der Waals surface area contributed by atoms with E-state index >= 15 is 0 Å². The number of nitrogens with one attached hydrogen (secondary N) is 1. The number of fused-ring (bicyclic) bond motifs is 1. The Morgan fingerprint density at radius 3 is 2.08 bits per heavy atom. The number of hydrogen-bond acceptors (Lipinski definition) is 3. The Labute approximate surface area is 144 Å². The quantitative estimate of drug-likeness (QED) is 0.851. The van der Waals surface area contributed by atoms with Crippen molar-refractivity contribution in [3.63, 3.8) is 0 Å². The summed E-state index contributed by atoms with van der Waals surface area (Å²) in [5, 5.41) is 3.00. The summed E-state index contributed by atoms with van der Waals surface area (Å²) in [5.41, 5.74) is 2.71. The van der Waals surface area contributed by atoms with Crippen LogP contribution in [0, 0.1) is 0 Å². The van der Waals surface area contributed by atoms with Gasteiger partial charge in [-0.25, -0.2) is 0 Å². The highest BCUT2D eigenvalue weighted by Gasteiger charge is 2.38. The fraction of sp³-hybridized carbons (Fsp3) is 0.381. The lowest BCUT2D eigenvalue weighted by molar-refractivity contribution is 0.287. The minimum Gasteiger partial charge on any atom is -0.351 e. The average molecular weight is 319 g/mol. The molecule has 2 atom stereocenters. The van der Waals surface area contributed by atoms with Crippen LogP contribution in [0.1, 0.15) is 42.5 Å². The molecule has 3 heteroatoms. The molecular formula is C21H25N3. The summed E-state index contributed by atoms with van der Waals surface area (Å²) in [5.74, 6) is 1.31. The maximum absolute atomic E-state index is 5.08. The number of nitrogens with zero attached hydrogens (tertiary/aromatic N) is 2. The van der Waals surface area contributed by atoms with Crippen molar-refractivity contribution in [2.24, 2.45) is 4.99 Å². The molecule has 0 amide bonds. The van der Waals surface area contributed by atoms with E-state index in [4.69, 9.17) is 4.99 Å². The van der Waals surface area contributed by atoms with Gasteiger partial charge in [0.2, 0.25) is 0 Å². The van der Waals surface area contributed by atoms with E-state index in [-0.39, 0.29) is 6.04 Å². The van der Waals surface area contributed by atoms with Crippen LogP contribution in [0.3, 0.4) is 0 Å². The van der Waals surface area contributed by atoms with E-state index < -0.39 is 0 Å². The zero-order valence-corrected chi connectivity index (χ0v) is 14.1. The maximum atomic E-state index is 5.08. The van der Waals surface area contributed by atoms with Crippen molar-refractivity contribution in [3.05, 3.63) is 71.8 Å². The van der Waals surface area contributed by atoms with Gasteiger partial charge in [0.05, 0.1) is 6.04 Å². The van der Waals surface area contributed by atoms with Gasteiger partial charge in [-0.3, -0.25) is 4.99 Å². The molecule has 3 heterocycles. The number of amidine groups is 1. The first-order chi connectivity index (χ1) is 11.9. The molecule has 1 N–H and O–H groups in total. The zero-order valence-electron chi connectivity index (χ0n) is 14.1.